The highest BCUT2D eigenvalue weighted by atomic mass is 32.1. The van der Waals surface area contributed by atoms with Crippen molar-refractivity contribution in [1.29, 1.82) is 0 Å². The molecule has 0 spiro atoms. The van der Waals surface area contributed by atoms with Crippen LogP contribution in [0.5, 0.6) is 0 Å². The van der Waals surface area contributed by atoms with E-state index in [1.54, 1.807) is 18.3 Å². The molecule has 1 aromatic carbocycles. The number of anilines is 2. The van der Waals surface area contributed by atoms with Crippen LogP contribution in [-0.4, -0.2) is 38.9 Å². The van der Waals surface area contributed by atoms with Crippen LogP contribution in [0.15, 0.2) is 64.2 Å². The number of nitrogen functional groups attached to an aromatic ring is 1. The minimum atomic E-state index is -0.665. The van der Waals surface area contributed by atoms with Gasteiger partial charge in [-0.1, -0.05) is 19.1 Å². The summed E-state index contributed by atoms with van der Waals surface area (Å²) >= 11 is 1.54. The van der Waals surface area contributed by atoms with Crippen molar-refractivity contribution >= 4 is 50.5 Å². The van der Waals surface area contributed by atoms with Crippen LogP contribution in [0, 0.1) is 5.82 Å². The van der Waals surface area contributed by atoms with E-state index in [1.807, 2.05) is 26.0 Å². The van der Waals surface area contributed by atoms with Gasteiger partial charge < -0.3 is 21.1 Å². The molecule has 0 bridgehead atoms. The molecule has 4 aromatic rings. The average molecular weight is 588 g/mol. The fraction of sp³-hybridized carbons (Fsp3) is 0.300. The molecular weight excluding hydrogens is 557 g/mol. The van der Waals surface area contributed by atoms with E-state index in [-0.39, 0.29) is 23.0 Å². The first-order chi connectivity index (χ1) is 20.3. The largest absolute Gasteiger partial charge is 0.440 e. The lowest BCUT2D eigenvalue weighted by atomic mass is 10.0. The van der Waals surface area contributed by atoms with E-state index < -0.39 is 12.1 Å². The number of halogens is 1. The Hall–Kier alpha value is -4.58. The molecule has 216 valence electrons. The van der Waals surface area contributed by atoms with Crippen LogP contribution in [0.25, 0.3) is 15.8 Å². The number of aromatic nitrogens is 3. The number of carbonyl (C=O) groups is 1. The predicted octanol–water partition coefficient (Wildman–Crippen LogP) is 4.43. The Morgan fingerprint density at radius 3 is 2.93 bits per heavy atom. The Balaban J connectivity index is 1.16. The number of thiophene rings is 1. The number of amides is 1. The summed E-state index contributed by atoms with van der Waals surface area (Å²) in [7, 11) is 0. The fourth-order valence-electron chi connectivity index (χ4n) is 5.27. The molecule has 0 unspecified atom stereocenters. The van der Waals surface area contributed by atoms with Crippen LogP contribution in [0.3, 0.4) is 0 Å². The summed E-state index contributed by atoms with van der Waals surface area (Å²) in [6.07, 6.45) is 4.92. The van der Waals surface area contributed by atoms with E-state index in [2.05, 4.69) is 25.6 Å². The van der Waals surface area contributed by atoms with Gasteiger partial charge in [-0.2, -0.15) is 0 Å². The number of aliphatic imine (C=N–C) groups is 1. The number of ether oxygens (including phenoxy) is 1. The SMILES string of the molecule is CCC1=C(c2cccc(F)c2)OC([C@@H](C)Nc2cnc3n(c2=O)[C@H](C(=O)NCc2cc4cnc(N)cc4s2)CC3)=NC1. The van der Waals surface area contributed by atoms with E-state index >= 15 is 0 Å². The Labute approximate surface area is 245 Å². The van der Waals surface area contributed by atoms with Crippen LogP contribution in [-0.2, 0) is 22.5 Å². The van der Waals surface area contributed by atoms with Gasteiger partial charge in [0.2, 0.25) is 11.8 Å². The van der Waals surface area contributed by atoms with Crippen molar-refractivity contribution in [1.82, 2.24) is 19.9 Å². The van der Waals surface area contributed by atoms with E-state index in [0.717, 1.165) is 20.5 Å². The van der Waals surface area contributed by atoms with Crippen molar-refractivity contribution in [2.24, 2.45) is 4.99 Å². The summed E-state index contributed by atoms with van der Waals surface area (Å²) in [5.74, 6) is 1.38. The molecule has 1 amide bonds. The molecule has 2 aliphatic rings. The van der Waals surface area contributed by atoms with Crippen molar-refractivity contribution in [2.45, 2.75) is 51.7 Å². The Bertz CT molecular complexity index is 1810. The number of nitrogens with two attached hydrogens (primary N) is 1. The zero-order chi connectivity index (χ0) is 29.4. The minimum Gasteiger partial charge on any atom is -0.440 e. The molecule has 4 N–H and O–H groups in total. The topological polar surface area (TPSA) is 137 Å². The molecule has 0 saturated carbocycles. The van der Waals surface area contributed by atoms with E-state index in [4.69, 9.17) is 10.5 Å². The van der Waals surface area contributed by atoms with Gasteiger partial charge >= 0.3 is 0 Å². The number of nitrogens with one attached hydrogen (secondary N) is 2. The van der Waals surface area contributed by atoms with E-state index in [0.29, 0.717) is 61.2 Å². The van der Waals surface area contributed by atoms with Crippen molar-refractivity contribution in [3.63, 3.8) is 0 Å². The zero-order valence-corrected chi connectivity index (χ0v) is 24.0. The smallest absolute Gasteiger partial charge is 0.277 e. The molecular formula is C30H30FN7O3S. The third kappa shape index (κ3) is 5.37. The first-order valence-electron chi connectivity index (χ1n) is 13.8. The monoisotopic (exact) mass is 587 g/mol. The summed E-state index contributed by atoms with van der Waals surface area (Å²) in [6.45, 7) is 4.57. The fourth-order valence-corrected chi connectivity index (χ4v) is 6.30. The second-order valence-electron chi connectivity index (χ2n) is 10.3. The molecule has 2 atom stereocenters. The summed E-state index contributed by atoms with van der Waals surface area (Å²) in [5.41, 5.74) is 7.28. The predicted molar refractivity (Wildman–Crippen MR) is 162 cm³/mol. The standard InChI is InChI=1S/C30H30FN7O3S/c1-3-17-12-36-29(41-27(17)18-5-4-6-20(31)9-18)16(2)37-22-15-34-26-8-7-23(38(26)30(22)40)28(39)35-14-21-10-19-13-33-25(32)11-24(19)42-21/h4-6,9-11,13,15-16,23,37H,3,7-8,12,14H2,1-2H3,(H2,32,33)(H,35,39)/t16-,23+/m1/s1. The summed E-state index contributed by atoms with van der Waals surface area (Å²) in [5, 5.41) is 7.10. The maximum atomic E-state index is 13.9. The first kappa shape index (κ1) is 27.6. The average Bonchev–Trinajstić information content (AvgIpc) is 3.61. The van der Waals surface area contributed by atoms with E-state index in [1.165, 1.54) is 34.2 Å². The van der Waals surface area contributed by atoms with Crippen LogP contribution >= 0.6 is 11.3 Å². The molecule has 0 radical (unpaired) electrons. The van der Waals surface area contributed by atoms with Crippen LogP contribution < -0.4 is 21.9 Å². The minimum absolute atomic E-state index is 0.240. The second kappa shape index (κ2) is 11.4. The van der Waals surface area contributed by atoms with Crippen molar-refractivity contribution in [2.75, 3.05) is 17.6 Å². The molecule has 3 aromatic heterocycles. The number of benzene rings is 1. The van der Waals surface area contributed by atoms with Gasteiger partial charge in [-0.15, -0.1) is 11.3 Å². The number of nitrogens with zero attached hydrogens (tertiary/aromatic N) is 4. The lowest BCUT2D eigenvalue weighted by Gasteiger charge is -2.25. The number of aryl methyl sites for hydroxylation is 1. The molecule has 0 saturated heterocycles. The molecule has 42 heavy (non-hydrogen) atoms. The number of rotatable bonds is 8. The maximum Gasteiger partial charge on any atom is 0.277 e. The highest BCUT2D eigenvalue weighted by Gasteiger charge is 2.32. The van der Waals surface area contributed by atoms with Gasteiger partial charge in [0.15, 0.2) is 0 Å². The number of hydrogen-bond acceptors (Lipinski definition) is 9. The van der Waals surface area contributed by atoms with Gasteiger partial charge in [0.05, 0.1) is 19.3 Å². The highest BCUT2D eigenvalue weighted by Crippen LogP contribution is 2.29. The third-order valence-corrected chi connectivity index (χ3v) is 8.54. The Morgan fingerprint density at radius 2 is 2.12 bits per heavy atom. The van der Waals surface area contributed by atoms with Crippen LogP contribution in [0.1, 0.15) is 49.0 Å². The van der Waals surface area contributed by atoms with Crippen LogP contribution in [0.2, 0.25) is 0 Å². The van der Waals surface area contributed by atoms with E-state index in [9.17, 15) is 14.0 Å². The Morgan fingerprint density at radius 1 is 1.26 bits per heavy atom. The van der Waals surface area contributed by atoms with Gasteiger partial charge in [-0.3, -0.25) is 14.2 Å². The maximum absolute atomic E-state index is 13.9. The summed E-state index contributed by atoms with van der Waals surface area (Å²) < 4.78 is 22.6. The lowest BCUT2D eigenvalue weighted by Crippen LogP contribution is -2.38. The van der Waals surface area contributed by atoms with Gasteiger partial charge in [0, 0.05) is 33.1 Å². The van der Waals surface area contributed by atoms with Crippen LogP contribution in [0.4, 0.5) is 15.9 Å². The molecule has 6 rings (SSSR count). The van der Waals surface area contributed by atoms with Crippen molar-refractivity contribution in [3.05, 3.63) is 86.8 Å². The first-order valence-corrected chi connectivity index (χ1v) is 14.6. The number of hydrogen-bond donors (Lipinski definition) is 3. The molecule has 5 heterocycles. The van der Waals surface area contributed by atoms with Crippen molar-refractivity contribution < 1.29 is 13.9 Å². The second-order valence-corrected chi connectivity index (χ2v) is 11.5. The number of carbonyl (C=O) groups excluding carboxylic acids is 1. The summed E-state index contributed by atoms with van der Waals surface area (Å²) in [6, 6.07) is 8.89. The van der Waals surface area contributed by atoms with Crippen molar-refractivity contribution in [3.8, 4) is 0 Å². The molecule has 0 aliphatic carbocycles. The molecule has 0 fully saturated rings. The zero-order valence-electron chi connectivity index (χ0n) is 23.2. The lowest BCUT2D eigenvalue weighted by molar-refractivity contribution is -0.124. The molecule has 10 nitrogen and oxygen atoms in total. The summed E-state index contributed by atoms with van der Waals surface area (Å²) in [4.78, 5) is 40.9. The molecule has 12 heteroatoms. The van der Waals surface area contributed by atoms with Gasteiger partial charge in [-0.25, -0.2) is 19.4 Å². The number of pyridine rings is 1. The van der Waals surface area contributed by atoms with Gasteiger partial charge in [-0.05, 0) is 49.6 Å². The quantitative estimate of drug-likeness (QED) is 0.277. The number of fused-ring (bicyclic) bond motifs is 2. The molecule has 2 aliphatic heterocycles. The Kier molecular flexibility index (Phi) is 7.46. The van der Waals surface area contributed by atoms with Gasteiger partial charge in [0.25, 0.3) is 5.56 Å². The van der Waals surface area contributed by atoms with Gasteiger partial charge in [0.1, 0.15) is 41.0 Å². The third-order valence-electron chi connectivity index (χ3n) is 7.45. The highest BCUT2D eigenvalue weighted by molar-refractivity contribution is 7.19. The normalized spacial score (nSPS) is 17.0.